The topological polar surface area (TPSA) is 106 Å². The zero-order chi connectivity index (χ0) is 15.5. The first-order valence-electron chi connectivity index (χ1n) is 6.97. The molecule has 1 N–H and O–H groups in total. The molecule has 1 aromatic rings. The minimum absolute atomic E-state index is 0.254. The fraction of sp³-hybridized carbons (Fsp3) is 0.571. The molecule has 0 aliphatic carbocycles. The molecule has 0 aromatic heterocycles. The predicted molar refractivity (Wildman–Crippen MR) is 74.6 cm³/mol. The Morgan fingerprint density at radius 2 is 2.09 bits per heavy atom. The molecule has 2 saturated heterocycles. The van der Waals surface area contributed by atoms with Gasteiger partial charge in [0.05, 0.1) is 12.7 Å². The molecule has 8 heteroatoms. The van der Waals surface area contributed by atoms with E-state index in [2.05, 4.69) is 10.0 Å². The van der Waals surface area contributed by atoms with E-state index in [0.29, 0.717) is 0 Å². The normalized spacial score (nSPS) is 37.9. The van der Waals surface area contributed by atoms with Gasteiger partial charge in [-0.05, 0) is 5.53 Å². The van der Waals surface area contributed by atoms with Crippen molar-refractivity contribution in [1.82, 2.24) is 0 Å². The summed E-state index contributed by atoms with van der Waals surface area (Å²) in [5.74, 6) is 0. The van der Waals surface area contributed by atoms with Crippen LogP contribution in [0.3, 0.4) is 0 Å². The largest absolute Gasteiger partial charge is 0.390 e. The van der Waals surface area contributed by atoms with E-state index in [-0.39, 0.29) is 6.61 Å². The highest BCUT2D eigenvalue weighted by Gasteiger charge is 2.49. The first-order chi connectivity index (χ1) is 10.7. The monoisotopic (exact) mass is 307 g/mol. The van der Waals surface area contributed by atoms with Gasteiger partial charge < -0.3 is 24.1 Å². The van der Waals surface area contributed by atoms with E-state index in [4.69, 9.17) is 24.5 Å². The molecule has 3 rings (SSSR count). The number of ether oxygens (including phenoxy) is 4. The van der Waals surface area contributed by atoms with Gasteiger partial charge in [-0.2, -0.15) is 0 Å². The summed E-state index contributed by atoms with van der Waals surface area (Å²) in [6.07, 6.45) is -3.58. The van der Waals surface area contributed by atoms with Crippen molar-refractivity contribution in [3.8, 4) is 0 Å². The lowest BCUT2D eigenvalue weighted by Gasteiger charge is -2.46. The van der Waals surface area contributed by atoms with Crippen LogP contribution in [-0.2, 0) is 18.9 Å². The third kappa shape index (κ3) is 2.80. The highest BCUT2D eigenvalue weighted by Crippen LogP contribution is 2.35. The van der Waals surface area contributed by atoms with Crippen molar-refractivity contribution in [3.05, 3.63) is 46.3 Å². The number of fused-ring (bicyclic) bond motifs is 1. The maximum Gasteiger partial charge on any atom is 0.184 e. The van der Waals surface area contributed by atoms with Crippen molar-refractivity contribution in [2.45, 2.75) is 36.9 Å². The van der Waals surface area contributed by atoms with Gasteiger partial charge in [0.25, 0.3) is 0 Å². The third-order valence-electron chi connectivity index (χ3n) is 3.82. The molecule has 0 spiro atoms. The van der Waals surface area contributed by atoms with Gasteiger partial charge in [-0.25, -0.2) is 0 Å². The molecule has 0 unspecified atom stereocenters. The fourth-order valence-corrected chi connectivity index (χ4v) is 2.73. The van der Waals surface area contributed by atoms with E-state index >= 15 is 0 Å². The number of azide groups is 1. The first-order valence-corrected chi connectivity index (χ1v) is 6.97. The minimum Gasteiger partial charge on any atom is -0.390 e. The number of hydrogen-bond donors (Lipinski definition) is 1. The summed E-state index contributed by atoms with van der Waals surface area (Å²) < 4.78 is 22.3. The number of nitrogens with zero attached hydrogens (tertiary/aromatic N) is 3. The second-order valence-electron chi connectivity index (χ2n) is 5.14. The van der Waals surface area contributed by atoms with Crippen LogP contribution in [-0.4, -0.2) is 49.5 Å². The Labute approximate surface area is 127 Å². The number of benzene rings is 1. The van der Waals surface area contributed by atoms with Crippen LogP contribution >= 0.6 is 0 Å². The van der Waals surface area contributed by atoms with Crippen LogP contribution in [0.1, 0.15) is 11.9 Å². The van der Waals surface area contributed by atoms with Gasteiger partial charge in [-0.3, -0.25) is 0 Å². The third-order valence-corrected chi connectivity index (χ3v) is 3.82. The zero-order valence-electron chi connectivity index (χ0n) is 12.0. The molecule has 6 atom stereocenters. The van der Waals surface area contributed by atoms with Gasteiger partial charge in [0.1, 0.15) is 18.2 Å². The number of methoxy groups -OCH3 is 1. The Balaban J connectivity index is 1.79. The number of hydrogen-bond acceptors (Lipinski definition) is 6. The van der Waals surface area contributed by atoms with Crippen LogP contribution in [0.5, 0.6) is 0 Å². The molecule has 118 valence electrons. The minimum atomic E-state index is -1.03. The molecule has 0 saturated carbocycles. The molecule has 8 nitrogen and oxygen atoms in total. The number of aliphatic hydroxyl groups is 1. The molecule has 2 fully saturated rings. The van der Waals surface area contributed by atoms with Crippen LogP contribution in [0.25, 0.3) is 10.4 Å². The van der Waals surface area contributed by atoms with E-state index in [1.807, 2.05) is 30.3 Å². The maximum absolute atomic E-state index is 10.5. The molecule has 2 aliphatic heterocycles. The molecule has 2 heterocycles. The molecule has 0 bridgehead atoms. The fourth-order valence-electron chi connectivity index (χ4n) is 2.73. The summed E-state index contributed by atoms with van der Waals surface area (Å²) in [6.45, 7) is 0.254. The van der Waals surface area contributed by atoms with Gasteiger partial charge in [-0.15, -0.1) is 0 Å². The average molecular weight is 307 g/mol. The van der Waals surface area contributed by atoms with Gasteiger partial charge in [0, 0.05) is 17.6 Å². The summed E-state index contributed by atoms with van der Waals surface area (Å²) in [7, 11) is 1.43. The van der Waals surface area contributed by atoms with Gasteiger partial charge in [-0.1, -0.05) is 35.4 Å². The molecule has 2 aliphatic rings. The Kier molecular flexibility index (Phi) is 4.58. The van der Waals surface area contributed by atoms with E-state index in [9.17, 15) is 5.11 Å². The first kappa shape index (κ1) is 15.2. The summed E-state index contributed by atoms with van der Waals surface area (Å²) >= 11 is 0. The summed E-state index contributed by atoms with van der Waals surface area (Å²) in [5, 5.41) is 14.0. The average Bonchev–Trinajstić information content (AvgIpc) is 2.58. The van der Waals surface area contributed by atoms with Crippen LogP contribution in [0.2, 0.25) is 0 Å². The second-order valence-corrected chi connectivity index (χ2v) is 5.14. The maximum atomic E-state index is 10.5. The van der Waals surface area contributed by atoms with Crippen LogP contribution in [0, 0.1) is 0 Å². The Morgan fingerprint density at radius 1 is 1.32 bits per heavy atom. The van der Waals surface area contributed by atoms with Crippen LogP contribution < -0.4 is 0 Å². The van der Waals surface area contributed by atoms with Gasteiger partial charge >= 0.3 is 0 Å². The summed E-state index contributed by atoms with van der Waals surface area (Å²) in [5.41, 5.74) is 9.50. The Hall–Kier alpha value is -1.67. The highest BCUT2D eigenvalue weighted by molar-refractivity contribution is 5.16. The summed E-state index contributed by atoms with van der Waals surface area (Å²) in [4.78, 5) is 2.74. The lowest BCUT2D eigenvalue weighted by molar-refractivity contribution is -0.338. The van der Waals surface area contributed by atoms with Crippen molar-refractivity contribution < 1.29 is 24.1 Å². The van der Waals surface area contributed by atoms with Crippen molar-refractivity contribution >= 4 is 0 Å². The van der Waals surface area contributed by atoms with Crippen LogP contribution in [0.4, 0.5) is 0 Å². The Bertz CT molecular complexity index is 551. The van der Waals surface area contributed by atoms with Gasteiger partial charge in [0.2, 0.25) is 0 Å². The molecule has 0 amide bonds. The lowest BCUT2D eigenvalue weighted by atomic mass is 9.96. The molecule has 0 radical (unpaired) electrons. The molecule has 1 aromatic carbocycles. The standard InChI is InChI=1S/C14H17N3O5/c1-19-14-10(16-17-15)11(18)12-9(21-14)7-20-13(22-12)8-5-3-2-4-6-8/h2-6,9-14,18H,7H2,1H3/t9-,10-,11-,12-,13-,14+/m0/s1. The van der Waals surface area contributed by atoms with E-state index in [1.54, 1.807) is 0 Å². The SMILES string of the molecule is CO[C@@H]1O[C@H]2CO[C@H](c3ccccc3)O[C@@H]2[C@@H](O)[C@@H]1N=[N+]=[N-]. The van der Waals surface area contributed by atoms with E-state index in [0.717, 1.165) is 5.56 Å². The second kappa shape index (κ2) is 6.62. The van der Waals surface area contributed by atoms with E-state index in [1.165, 1.54) is 7.11 Å². The summed E-state index contributed by atoms with van der Waals surface area (Å²) in [6, 6.07) is 8.55. The van der Waals surface area contributed by atoms with Crippen molar-refractivity contribution in [1.29, 1.82) is 0 Å². The lowest BCUT2D eigenvalue weighted by Crippen LogP contribution is -2.61. The van der Waals surface area contributed by atoms with Crippen molar-refractivity contribution in [3.63, 3.8) is 0 Å². The van der Waals surface area contributed by atoms with Gasteiger partial charge in [0.15, 0.2) is 12.6 Å². The molecular formula is C14H17N3O5. The zero-order valence-corrected chi connectivity index (χ0v) is 12.0. The number of aliphatic hydroxyl groups excluding tert-OH is 1. The van der Waals surface area contributed by atoms with Crippen molar-refractivity contribution in [2.24, 2.45) is 5.11 Å². The molecular weight excluding hydrogens is 290 g/mol. The smallest absolute Gasteiger partial charge is 0.184 e. The van der Waals surface area contributed by atoms with Crippen molar-refractivity contribution in [2.75, 3.05) is 13.7 Å². The van der Waals surface area contributed by atoms with Crippen LogP contribution in [0.15, 0.2) is 35.4 Å². The highest BCUT2D eigenvalue weighted by atomic mass is 16.7. The Morgan fingerprint density at radius 3 is 2.77 bits per heavy atom. The van der Waals surface area contributed by atoms with E-state index < -0.39 is 36.9 Å². The predicted octanol–water partition coefficient (Wildman–Crippen LogP) is 1.51. The number of rotatable bonds is 3. The quantitative estimate of drug-likeness (QED) is 0.517. The molecule has 22 heavy (non-hydrogen) atoms.